The van der Waals surface area contributed by atoms with Crippen molar-refractivity contribution < 1.29 is 4.42 Å². The number of nitrogens with zero attached hydrogens (tertiary/aromatic N) is 1. The Morgan fingerprint density at radius 1 is 1.33 bits per heavy atom. The molecule has 3 heteroatoms. The lowest BCUT2D eigenvalue weighted by Gasteiger charge is -2.24. The molecule has 1 aromatic rings. The molecule has 0 unspecified atom stereocenters. The zero-order valence-electron chi connectivity index (χ0n) is 11.7. The number of hydrogen-bond donors (Lipinski definition) is 1. The first-order valence-corrected chi connectivity index (χ1v) is 7.45. The summed E-state index contributed by atoms with van der Waals surface area (Å²) < 4.78 is 5.90. The van der Waals surface area contributed by atoms with Crippen molar-refractivity contribution in [2.75, 3.05) is 13.1 Å². The van der Waals surface area contributed by atoms with Crippen LogP contribution in [0.3, 0.4) is 0 Å². The molecule has 0 aromatic carbocycles. The Hall–Kier alpha value is -0.830. The molecule has 1 saturated carbocycles. The fraction of sp³-hybridized carbons (Fsp3) is 0.800. The lowest BCUT2D eigenvalue weighted by atomic mass is 9.82. The topological polar surface area (TPSA) is 38.1 Å². The van der Waals surface area contributed by atoms with Crippen LogP contribution in [0.4, 0.5) is 0 Å². The third-order valence-electron chi connectivity index (χ3n) is 3.98. The van der Waals surface area contributed by atoms with E-state index >= 15 is 0 Å². The van der Waals surface area contributed by atoms with Crippen LogP contribution >= 0.6 is 0 Å². The van der Waals surface area contributed by atoms with Gasteiger partial charge in [-0.15, -0.1) is 0 Å². The van der Waals surface area contributed by atoms with E-state index in [9.17, 15) is 0 Å². The number of oxazole rings is 1. The standard InChI is InChI=1S/C15H26N2O/c1-3-16-10-4-5-15-17-11-14(18-15)13-8-6-12(2)7-9-13/h11-13,16H,3-10H2,1-2H3. The second kappa shape index (κ2) is 6.93. The van der Waals surface area contributed by atoms with E-state index in [2.05, 4.69) is 24.1 Å². The Morgan fingerprint density at radius 3 is 2.83 bits per heavy atom. The molecule has 18 heavy (non-hydrogen) atoms. The minimum atomic E-state index is 0.621. The molecular formula is C15H26N2O. The largest absolute Gasteiger partial charge is 0.445 e. The first kappa shape index (κ1) is 13.6. The summed E-state index contributed by atoms with van der Waals surface area (Å²) in [5, 5.41) is 3.32. The fourth-order valence-corrected chi connectivity index (χ4v) is 2.71. The van der Waals surface area contributed by atoms with E-state index in [1.807, 2.05) is 6.20 Å². The van der Waals surface area contributed by atoms with Crippen LogP contribution in [0, 0.1) is 5.92 Å². The first-order valence-electron chi connectivity index (χ1n) is 7.45. The first-order chi connectivity index (χ1) is 8.79. The number of rotatable bonds is 6. The van der Waals surface area contributed by atoms with Gasteiger partial charge in [-0.05, 0) is 38.3 Å². The van der Waals surface area contributed by atoms with Crippen LogP contribution in [0.15, 0.2) is 10.6 Å². The monoisotopic (exact) mass is 250 g/mol. The molecule has 2 rings (SSSR count). The zero-order valence-corrected chi connectivity index (χ0v) is 11.7. The van der Waals surface area contributed by atoms with Crippen LogP contribution in [-0.2, 0) is 6.42 Å². The molecule has 0 saturated heterocycles. The predicted octanol–water partition coefficient (Wildman–Crippen LogP) is 3.51. The zero-order chi connectivity index (χ0) is 12.8. The highest BCUT2D eigenvalue weighted by Crippen LogP contribution is 2.35. The summed E-state index contributed by atoms with van der Waals surface area (Å²) in [7, 11) is 0. The van der Waals surface area contributed by atoms with E-state index in [-0.39, 0.29) is 0 Å². The van der Waals surface area contributed by atoms with Gasteiger partial charge in [0, 0.05) is 12.3 Å². The Kier molecular flexibility index (Phi) is 5.24. The van der Waals surface area contributed by atoms with Gasteiger partial charge >= 0.3 is 0 Å². The van der Waals surface area contributed by atoms with E-state index in [1.54, 1.807) is 0 Å². The van der Waals surface area contributed by atoms with Gasteiger partial charge in [0.25, 0.3) is 0 Å². The lowest BCUT2D eigenvalue weighted by Crippen LogP contribution is -2.14. The molecule has 1 aromatic heterocycles. The average molecular weight is 250 g/mol. The normalized spacial score (nSPS) is 24.3. The highest BCUT2D eigenvalue weighted by molar-refractivity contribution is 5.03. The van der Waals surface area contributed by atoms with Crippen LogP contribution in [-0.4, -0.2) is 18.1 Å². The molecule has 1 N–H and O–H groups in total. The third-order valence-corrected chi connectivity index (χ3v) is 3.98. The Bertz CT molecular complexity index is 340. The average Bonchev–Trinajstić information content (AvgIpc) is 2.84. The summed E-state index contributed by atoms with van der Waals surface area (Å²) in [6.07, 6.45) is 9.23. The minimum Gasteiger partial charge on any atom is -0.445 e. The predicted molar refractivity (Wildman–Crippen MR) is 73.7 cm³/mol. The minimum absolute atomic E-state index is 0.621. The molecule has 1 aliphatic carbocycles. The van der Waals surface area contributed by atoms with E-state index in [4.69, 9.17) is 4.42 Å². The smallest absolute Gasteiger partial charge is 0.194 e. The van der Waals surface area contributed by atoms with Gasteiger partial charge < -0.3 is 9.73 Å². The van der Waals surface area contributed by atoms with Gasteiger partial charge in [-0.25, -0.2) is 4.98 Å². The Morgan fingerprint density at radius 2 is 2.11 bits per heavy atom. The Labute approximate surface area is 110 Å². The fourth-order valence-electron chi connectivity index (χ4n) is 2.71. The van der Waals surface area contributed by atoms with Crippen molar-refractivity contribution in [1.29, 1.82) is 0 Å². The van der Waals surface area contributed by atoms with Gasteiger partial charge in [0.05, 0.1) is 6.20 Å². The van der Waals surface area contributed by atoms with E-state index < -0.39 is 0 Å². The SMILES string of the molecule is CCNCCCc1ncc(C2CCC(C)CC2)o1. The van der Waals surface area contributed by atoms with Crippen LogP contribution in [0.1, 0.15) is 63.5 Å². The molecule has 3 nitrogen and oxygen atoms in total. The highest BCUT2D eigenvalue weighted by Gasteiger charge is 2.22. The molecular weight excluding hydrogens is 224 g/mol. The van der Waals surface area contributed by atoms with Crippen molar-refractivity contribution in [3.8, 4) is 0 Å². The summed E-state index contributed by atoms with van der Waals surface area (Å²) in [6, 6.07) is 0. The van der Waals surface area contributed by atoms with Gasteiger partial charge in [0.1, 0.15) is 5.76 Å². The summed E-state index contributed by atoms with van der Waals surface area (Å²) in [6.45, 7) is 6.57. The van der Waals surface area contributed by atoms with E-state index in [0.29, 0.717) is 5.92 Å². The molecule has 1 fully saturated rings. The van der Waals surface area contributed by atoms with Crippen LogP contribution in [0.2, 0.25) is 0 Å². The third kappa shape index (κ3) is 3.84. The van der Waals surface area contributed by atoms with Crippen LogP contribution in [0.5, 0.6) is 0 Å². The van der Waals surface area contributed by atoms with Crippen LogP contribution < -0.4 is 5.32 Å². The molecule has 102 valence electrons. The maximum atomic E-state index is 5.90. The summed E-state index contributed by atoms with van der Waals surface area (Å²) in [5.74, 6) is 3.56. The number of nitrogens with one attached hydrogen (secondary N) is 1. The van der Waals surface area contributed by atoms with E-state index in [1.165, 1.54) is 25.7 Å². The quantitative estimate of drug-likeness (QED) is 0.785. The second-order valence-corrected chi connectivity index (χ2v) is 5.57. The van der Waals surface area contributed by atoms with Crippen molar-refractivity contribution in [2.45, 2.75) is 58.3 Å². The van der Waals surface area contributed by atoms with Gasteiger partial charge in [-0.2, -0.15) is 0 Å². The summed E-state index contributed by atoms with van der Waals surface area (Å²) in [4.78, 5) is 4.41. The molecule has 0 aliphatic heterocycles. The van der Waals surface area contributed by atoms with Gasteiger partial charge in [-0.3, -0.25) is 0 Å². The maximum Gasteiger partial charge on any atom is 0.194 e. The van der Waals surface area contributed by atoms with Crippen molar-refractivity contribution in [3.63, 3.8) is 0 Å². The molecule has 1 heterocycles. The number of aromatic nitrogens is 1. The summed E-state index contributed by atoms with van der Waals surface area (Å²) >= 11 is 0. The molecule has 0 radical (unpaired) electrons. The molecule has 0 amide bonds. The van der Waals surface area contributed by atoms with Gasteiger partial charge in [0.15, 0.2) is 5.89 Å². The summed E-state index contributed by atoms with van der Waals surface area (Å²) in [5.41, 5.74) is 0. The van der Waals surface area contributed by atoms with Crippen molar-refractivity contribution in [1.82, 2.24) is 10.3 Å². The molecule has 0 bridgehead atoms. The van der Waals surface area contributed by atoms with E-state index in [0.717, 1.165) is 43.5 Å². The maximum absolute atomic E-state index is 5.90. The van der Waals surface area contributed by atoms with Crippen LogP contribution in [0.25, 0.3) is 0 Å². The van der Waals surface area contributed by atoms with Crippen molar-refractivity contribution >= 4 is 0 Å². The second-order valence-electron chi connectivity index (χ2n) is 5.57. The number of hydrogen-bond acceptors (Lipinski definition) is 3. The van der Waals surface area contributed by atoms with Crippen molar-refractivity contribution in [2.24, 2.45) is 5.92 Å². The molecule has 1 aliphatic rings. The lowest BCUT2D eigenvalue weighted by molar-refractivity contribution is 0.308. The Balaban J connectivity index is 1.78. The molecule has 0 atom stereocenters. The van der Waals surface area contributed by atoms with Gasteiger partial charge in [-0.1, -0.05) is 26.7 Å². The molecule has 0 spiro atoms. The van der Waals surface area contributed by atoms with Crippen molar-refractivity contribution in [3.05, 3.63) is 17.8 Å². The number of aryl methyl sites for hydroxylation is 1. The highest BCUT2D eigenvalue weighted by atomic mass is 16.4. The van der Waals surface area contributed by atoms with Gasteiger partial charge in [0.2, 0.25) is 0 Å².